The minimum absolute atomic E-state index is 0.0994. The molecule has 1 saturated heterocycles. The van der Waals surface area contributed by atoms with E-state index in [1.807, 2.05) is 0 Å². The van der Waals surface area contributed by atoms with Gasteiger partial charge in [-0.3, -0.25) is 9.69 Å². The zero-order chi connectivity index (χ0) is 25.5. The van der Waals surface area contributed by atoms with Crippen LogP contribution in [0.25, 0.3) is 15.7 Å². The number of fused-ring (bicyclic) bond motifs is 1. The van der Waals surface area contributed by atoms with Gasteiger partial charge in [0.25, 0.3) is 12.3 Å². The number of aliphatic hydroxyl groups is 1. The topological polar surface area (TPSA) is 83.2 Å². The fourth-order valence-electron chi connectivity index (χ4n) is 3.95. The second kappa shape index (κ2) is 9.13. The quantitative estimate of drug-likeness (QED) is 0.390. The maximum Gasteiger partial charge on any atom is 0.297 e. The Morgan fingerprint density at radius 3 is 2.54 bits per heavy atom. The van der Waals surface area contributed by atoms with Crippen LogP contribution in [0.15, 0.2) is 36.4 Å². The Morgan fingerprint density at radius 1 is 1.20 bits per heavy atom. The van der Waals surface area contributed by atoms with E-state index >= 15 is 0 Å². The van der Waals surface area contributed by atoms with E-state index in [4.69, 9.17) is 28.6 Å². The van der Waals surface area contributed by atoms with Crippen molar-refractivity contribution in [2.24, 2.45) is 0 Å². The molecule has 0 radical (unpaired) electrons. The molecule has 35 heavy (non-hydrogen) atoms. The van der Waals surface area contributed by atoms with Crippen LogP contribution in [-0.2, 0) is 4.79 Å². The molecule has 0 bridgehead atoms. The Hall–Kier alpha value is -3.75. The van der Waals surface area contributed by atoms with Gasteiger partial charge in [-0.15, -0.1) is 0 Å². The first-order valence-electron chi connectivity index (χ1n) is 10.6. The Labute approximate surface area is 205 Å². The molecule has 2 heterocycles. The van der Waals surface area contributed by atoms with Crippen LogP contribution >= 0.6 is 12.2 Å². The predicted molar refractivity (Wildman–Crippen MR) is 131 cm³/mol. The molecule has 1 fully saturated rings. The van der Waals surface area contributed by atoms with Gasteiger partial charge in [0, 0.05) is 11.4 Å². The molecule has 4 rings (SSSR count). The average molecular weight is 498 g/mol. The van der Waals surface area contributed by atoms with Crippen LogP contribution in [0.3, 0.4) is 0 Å². The van der Waals surface area contributed by atoms with Crippen molar-refractivity contribution < 1.29 is 23.4 Å². The summed E-state index contributed by atoms with van der Waals surface area (Å²) in [6, 6.07) is 9.84. The van der Waals surface area contributed by atoms with Crippen molar-refractivity contribution in [3.8, 4) is 5.88 Å². The lowest BCUT2D eigenvalue weighted by molar-refractivity contribution is -0.120. The van der Waals surface area contributed by atoms with Gasteiger partial charge < -0.3 is 14.7 Å². The zero-order valence-corrected chi connectivity index (χ0v) is 19.9. The average Bonchev–Trinajstić information content (AvgIpc) is 3.00. The molecular formula is C24H21F2N5O3S. The summed E-state index contributed by atoms with van der Waals surface area (Å²) in [5.41, 5.74) is 1.40. The van der Waals surface area contributed by atoms with Crippen molar-refractivity contribution in [2.45, 2.75) is 32.7 Å². The summed E-state index contributed by atoms with van der Waals surface area (Å²) in [6.07, 6.45) is -2.90. The minimum Gasteiger partial charge on any atom is -0.475 e. The van der Waals surface area contributed by atoms with E-state index < -0.39 is 17.8 Å². The van der Waals surface area contributed by atoms with E-state index in [-0.39, 0.29) is 35.6 Å². The third-order valence-corrected chi connectivity index (χ3v) is 6.04. The number of aromatic nitrogens is 2. The molecule has 1 aliphatic heterocycles. The summed E-state index contributed by atoms with van der Waals surface area (Å²) < 4.78 is 32.0. The van der Waals surface area contributed by atoms with Crippen molar-refractivity contribution in [1.82, 2.24) is 9.97 Å². The number of hydrogen-bond acceptors (Lipinski definition) is 6. The summed E-state index contributed by atoms with van der Waals surface area (Å²) in [5.74, 6) is -1.05. The fourth-order valence-corrected chi connectivity index (χ4v) is 4.48. The number of rotatable bonds is 6. The first kappa shape index (κ1) is 24.4. The first-order chi connectivity index (χ1) is 16.6. The van der Waals surface area contributed by atoms with Gasteiger partial charge in [0.05, 0.1) is 24.1 Å². The highest BCUT2D eigenvalue weighted by atomic mass is 32.1. The van der Waals surface area contributed by atoms with Gasteiger partial charge >= 0.3 is 0 Å². The predicted octanol–water partition coefficient (Wildman–Crippen LogP) is 4.71. The molecule has 0 atom stereocenters. The summed E-state index contributed by atoms with van der Waals surface area (Å²) in [7, 11) is 0. The number of benzene rings is 2. The number of amides is 1. The monoisotopic (exact) mass is 497 g/mol. The van der Waals surface area contributed by atoms with E-state index in [1.165, 1.54) is 11.0 Å². The second-order valence-electron chi connectivity index (χ2n) is 8.36. The zero-order valence-electron chi connectivity index (χ0n) is 19.1. The molecule has 0 unspecified atom stereocenters. The first-order valence-corrected chi connectivity index (χ1v) is 11.0. The Balaban J connectivity index is 1.81. The molecule has 0 aliphatic carbocycles. The van der Waals surface area contributed by atoms with E-state index in [0.717, 1.165) is 0 Å². The number of aryl methyl sites for hydroxylation is 1. The number of carbonyl (C=O) groups excluding carboxylic acids is 1. The number of anilines is 2. The third-order valence-electron chi connectivity index (χ3n) is 5.67. The van der Waals surface area contributed by atoms with Crippen LogP contribution in [0.2, 0.25) is 0 Å². The fraction of sp³-hybridized carbons (Fsp3) is 0.292. The number of ether oxygens (including phenoxy) is 1. The highest BCUT2D eigenvalue weighted by molar-refractivity contribution is 7.81. The number of alkyl halides is 2. The van der Waals surface area contributed by atoms with E-state index in [9.17, 15) is 13.6 Å². The molecule has 8 nitrogen and oxygen atoms in total. The number of nitrogens with zero attached hydrogens (tertiary/aromatic N) is 5. The highest BCUT2D eigenvalue weighted by Crippen LogP contribution is 2.39. The summed E-state index contributed by atoms with van der Waals surface area (Å²) in [5, 5.41) is 9.68. The Morgan fingerprint density at radius 2 is 1.91 bits per heavy atom. The third kappa shape index (κ3) is 4.15. The van der Waals surface area contributed by atoms with Crippen molar-refractivity contribution >= 4 is 51.2 Å². The lowest BCUT2D eigenvalue weighted by atomic mass is 10.0. The van der Waals surface area contributed by atoms with Crippen LogP contribution in [0.5, 0.6) is 5.88 Å². The molecule has 1 aliphatic rings. The normalized spacial score (nSPS) is 15.3. The lowest BCUT2D eigenvalue weighted by Crippen LogP contribution is -2.44. The maximum atomic E-state index is 13.5. The smallest absolute Gasteiger partial charge is 0.297 e. The van der Waals surface area contributed by atoms with Crippen LogP contribution in [0.4, 0.5) is 25.8 Å². The molecule has 11 heteroatoms. The molecule has 1 amide bonds. The van der Waals surface area contributed by atoms with E-state index in [2.05, 4.69) is 14.8 Å². The highest BCUT2D eigenvalue weighted by Gasteiger charge is 2.50. The number of thiocarbonyl (C=S) groups is 1. The van der Waals surface area contributed by atoms with Crippen molar-refractivity contribution in [3.63, 3.8) is 0 Å². The molecule has 180 valence electrons. The SMILES string of the molecule is [C-]#[N+]c1ccc(N2C(=O)C(C)(C)N(c3ccc4nc(C(F)F)nc(OCCO)c4c3)C2=S)cc1C. The van der Waals surface area contributed by atoms with E-state index in [0.29, 0.717) is 28.0 Å². The Bertz CT molecular complexity index is 1390. The number of halogens is 2. The summed E-state index contributed by atoms with van der Waals surface area (Å²) in [4.78, 5) is 27.7. The van der Waals surface area contributed by atoms with Gasteiger partial charge in [-0.25, -0.2) is 18.6 Å². The van der Waals surface area contributed by atoms with E-state index in [1.54, 1.807) is 56.0 Å². The molecule has 1 aromatic heterocycles. The number of carbonyl (C=O) groups is 1. The van der Waals surface area contributed by atoms with Gasteiger partial charge in [0.1, 0.15) is 12.1 Å². The molecular weight excluding hydrogens is 476 g/mol. The number of aliphatic hydroxyl groups excluding tert-OH is 1. The second-order valence-corrected chi connectivity index (χ2v) is 8.73. The molecule has 3 aromatic rings. The van der Waals surface area contributed by atoms with Crippen LogP contribution < -0.4 is 14.5 Å². The molecule has 0 spiro atoms. The minimum atomic E-state index is -2.90. The maximum absolute atomic E-state index is 13.5. The molecule has 0 saturated carbocycles. The van der Waals surface area contributed by atoms with Crippen LogP contribution in [0, 0.1) is 13.5 Å². The number of hydrogen-bond donors (Lipinski definition) is 1. The largest absolute Gasteiger partial charge is 0.475 e. The summed E-state index contributed by atoms with van der Waals surface area (Å²) in [6.45, 7) is 12.0. The van der Waals surface area contributed by atoms with Gasteiger partial charge in [-0.05, 0) is 68.9 Å². The van der Waals surface area contributed by atoms with Gasteiger partial charge in [-0.2, -0.15) is 4.98 Å². The summed E-state index contributed by atoms with van der Waals surface area (Å²) >= 11 is 5.71. The molecule has 2 aromatic carbocycles. The van der Waals surface area contributed by atoms with Gasteiger partial charge in [-0.1, -0.05) is 6.07 Å². The van der Waals surface area contributed by atoms with Gasteiger partial charge in [0.2, 0.25) is 5.88 Å². The lowest BCUT2D eigenvalue weighted by Gasteiger charge is -2.29. The van der Waals surface area contributed by atoms with Crippen molar-refractivity contribution in [3.05, 3.63) is 59.2 Å². The van der Waals surface area contributed by atoms with Crippen LogP contribution in [-0.4, -0.2) is 44.8 Å². The Kier molecular flexibility index (Phi) is 6.36. The molecule has 1 N–H and O–H groups in total. The van der Waals surface area contributed by atoms with Crippen molar-refractivity contribution in [1.29, 1.82) is 0 Å². The van der Waals surface area contributed by atoms with Crippen LogP contribution in [0.1, 0.15) is 31.7 Å². The van der Waals surface area contributed by atoms with Gasteiger partial charge in [0.15, 0.2) is 16.6 Å². The standard InChI is InChI=1S/C24H21F2N5O3S/c1-13-11-14(5-7-17(13)27-4)30-22(33)24(2,3)31(23(30)35)15-6-8-18-16(12-15)21(34-10-9-32)29-20(28-18)19(25)26/h5-8,11-12,19,32H,9-10H2,1-3H3. The van der Waals surface area contributed by atoms with Crippen molar-refractivity contribution in [2.75, 3.05) is 23.0 Å².